The maximum absolute atomic E-state index is 14.1. The third kappa shape index (κ3) is 5.12. The highest BCUT2D eigenvalue weighted by Crippen LogP contribution is 2.32. The second-order valence-electron chi connectivity index (χ2n) is 8.71. The summed E-state index contributed by atoms with van der Waals surface area (Å²) >= 11 is 0. The molecule has 1 aromatic carbocycles. The molecule has 3 heterocycles. The molecule has 0 amide bonds. The Hall–Kier alpha value is -3.70. The summed E-state index contributed by atoms with van der Waals surface area (Å²) in [4.78, 5) is 9.88. The van der Waals surface area contributed by atoms with Gasteiger partial charge in [0.2, 0.25) is 0 Å². The summed E-state index contributed by atoms with van der Waals surface area (Å²) in [6.45, 7) is 7.71. The van der Waals surface area contributed by atoms with Crippen LogP contribution in [-0.2, 0) is 32.9 Å². The molecule has 36 heavy (non-hydrogen) atoms. The number of alkyl halides is 3. The molecule has 0 saturated carbocycles. The topological polar surface area (TPSA) is 67.9 Å². The molecular formula is C24H28F4N8. The van der Waals surface area contributed by atoms with E-state index in [1.807, 2.05) is 31.9 Å². The van der Waals surface area contributed by atoms with Crippen molar-refractivity contribution in [3.8, 4) is 0 Å². The molecule has 0 aliphatic rings. The van der Waals surface area contributed by atoms with Crippen LogP contribution < -0.4 is 9.80 Å². The van der Waals surface area contributed by atoms with Gasteiger partial charge in [-0.05, 0) is 61.9 Å². The second kappa shape index (κ2) is 9.75. The molecule has 0 aliphatic heterocycles. The van der Waals surface area contributed by atoms with Crippen LogP contribution in [-0.4, -0.2) is 43.4 Å². The number of pyridine rings is 1. The zero-order chi connectivity index (χ0) is 26.2. The number of tetrazole rings is 1. The van der Waals surface area contributed by atoms with Gasteiger partial charge in [0, 0.05) is 49.9 Å². The minimum atomic E-state index is -4.66. The number of aryl methyl sites for hydroxylation is 3. The van der Waals surface area contributed by atoms with E-state index in [0.717, 1.165) is 46.8 Å². The summed E-state index contributed by atoms with van der Waals surface area (Å²) in [6, 6.07) is 6.60. The Kier molecular flexibility index (Phi) is 6.87. The fourth-order valence-corrected chi connectivity index (χ4v) is 4.27. The van der Waals surface area contributed by atoms with Crippen molar-refractivity contribution in [3.05, 3.63) is 58.5 Å². The third-order valence-electron chi connectivity index (χ3n) is 6.09. The highest BCUT2D eigenvalue weighted by molar-refractivity contribution is 5.81. The number of anilines is 2. The number of rotatable bonds is 8. The lowest BCUT2D eigenvalue weighted by Crippen LogP contribution is -2.27. The quantitative estimate of drug-likeness (QED) is 0.324. The zero-order valence-corrected chi connectivity index (χ0v) is 20.8. The number of nitrogens with zero attached hydrogens (tertiary/aromatic N) is 8. The molecule has 0 unspecified atom stereocenters. The van der Waals surface area contributed by atoms with Gasteiger partial charge < -0.3 is 14.4 Å². The molecule has 0 spiro atoms. The van der Waals surface area contributed by atoms with Crippen molar-refractivity contribution < 1.29 is 17.6 Å². The molecule has 0 N–H and O–H groups in total. The van der Waals surface area contributed by atoms with Gasteiger partial charge in [-0.1, -0.05) is 5.10 Å². The van der Waals surface area contributed by atoms with Gasteiger partial charge in [-0.15, -0.1) is 5.10 Å². The molecule has 0 fully saturated rings. The molecular weight excluding hydrogens is 476 g/mol. The number of hydrogen-bond donors (Lipinski definition) is 0. The van der Waals surface area contributed by atoms with Gasteiger partial charge in [-0.2, -0.15) is 18.0 Å². The van der Waals surface area contributed by atoms with Crippen LogP contribution in [0.5, 0.6) is 0 Å². The Bertz CT molecular complexity index is 1370. The number of halogens is 4. The minimum absolute atomic E-state index is 0.0607. The van der Waals surface area contributed by atoms with Crippen LogP contribution in [0.3, 0.4) is 0 Å². The van der Waals surface area contributed by atoms with Crippen molar-refractivity contribution >= 4 is 22.8 Å². The largest absolute Gasteiger partial charge is 0.416 e. The van der Waals surface area contributed by atoms with E-state index in [1.54, 1.807) is 11.9 Å². The van der Waals surface area contributed by atoms with Crippen LogP contribution in [0.4, 0.5) is 29.3 Å². The Labute approximate surface area is 206 Å². The Morgan fingerprint density at radius 1 is 1.03 bits per heavy atom. The Morgan fingerprint density at radius 2 is 1.78 bits per heavy atom. The highest BCUT2D eigenvalue weighted by atomic mass is 19.4. The van der Waals surface area contributed by atoms with Crippen LogP contribution in [0.25, 0.3) is 11.0 Å². The van der Waals surface area contributed by atoms with Gasteiger partial charge in [-0.25, -0.2) is 9.37 Å². The molecule has 8 nitrogen and oxygen atoms in total. The summed E-state index contributed by atoms with van der Waals surface area (Å²) in [6.07, 6.45) is -4.66. The summed E-state index contributed by atoms with van der Waals surface area (Å²) in [7, 11) is 3.52. The Balaban J connectivity index is 1.79. The molecule has 0 bridgehead atoms. The average molecular weight is 505 g/mol. The lowest BCUT2D eigenvalue weighted by Gasteiger charge is -2.25. The average Bonchev–Trinajstić information content (AvgIpc) is 3.38. The van der Waals surface area contributed by atoms with E-state index >= 15 is 0 Å². The summed E-state index contributed by atoms with van der Waals surface area (Å²) in [5.41, 5.74) is 1.87. The SMILES string of the molecule is CCN(C)c1nc2c(cc1CN(Cc1cc(F)cc(C(F)(F)F)c1)c1nnn(C)n1)cc(C)n2CC. The van der Waals surface area contributed by atoms with E-state index in [0.29, 0.717) is 12.6 Å². The Morgan fingerprint density at radius 3 is 2.39 bits per heavy atom. The molecule has 4 rings (SSSR count). The lowest BCUT2D eigenvalue weighted by atomic mass is 10.1. The minimum Gasteiger partial charge on any atom is -0.360 e. The highest BCUT2D eigenvalue weighted by Gasteiger charge is 2.31. The second-order valence-corrected chi connectivity index (χ2v) is 8.71. The van der Waals surface area contributed by atoms with Gasteiger partial charge >= 0.3 is 6.18 Å². The summed E-state index contributed by atoms with van der Waals surface area (Å²) in [5.74, 6) is -0.0116. The van der Waals surface area contributed by atoms with E-state index in [4.69, 9.17) is 4.98 Å². The van der Waals surface area contributed by atoms with Crippen molar-refractivity contribution in [2.75, 3.05) is 23.4 Å². The zero-order valence-electron chi connectivity index (χ0n) is 20.8. The molecule has 3 aromatic heterocycles. The van der Waals surface area contributed by atoms with E-state index < -0.39 is 17.6 Å². The van der Waals surface area contributed by atoms with Crippen molar-refractivity contribution in [2.24, 2.45) is 7.05 Å². The first-order valence-electron chi connectivity index (χ1n) is 11.6. The molecule has 4 aromatic rings. The van der Waals surface area contributed by atoms with E-state index in [1.165, 1.54) is 4.80 Å². The number of hydrogen-bond acceptors (Lipinski definition) is 6. The van der Waals surface area contributed by atoms with Gasteiger partial charge in [0.05, 0.1) is 12.6 Å². The first kappa shape index (κ1) is 25.4. The van der Waals surface area contributed by atoms with Crippen LogP contribution in [0, 0.1) is 12.7 Å². The number of aromatic nitrogens is 6. The molecule has 0 atom stereocenters. The van der Waals surface area contributed by atoms with Crippen molar-refractivity contribution in [3.63, 3.8) is 0 Å². The smallest absolute Gasteiger partial charge is 0.360 e. The fourth-order valence-electron chi connectivity index (χ4n) is 4.27. The number of fused-ring (bicyclic) bond motifs is 1. The van der Waals surface area contributed by atoms with E-state index in [2.05, 4.69) is 33.0 Å². The van der Waals surface area contributed by atoms with Crippen LogP contribution in [0.2, 0.25) is 0 Å². The van der Waals surface area contributed by atoms with Crippen molar-refractivity contribution in [1.82, 2.24) is 29.8 Å². The predicted octanol–water partition coefficient (Wildman–Crippen LogP) is 4.71. The maximum atomic E-state index is 14.1. The first-order chi connectivity index (χ1) is 17.0. The normalized spacial score (nSPS) is 11.9. The molecule has 0 aliphatic carbocycles. The van der Waals surface area contributed by atoms with Gasteiger partial charge in [0.25, 0.3) is 5.95 Å². The summed E-state index contributed by atoms with van der Waals surface area (Å²) in [5, 5.41) is 13.1. The van der Waals surface area contributed by atoms with Crippen molar-refractivity contribution in [1.29, 1.82) is 0 Å². The van der Waals surface area contributed by atoms with Crippen LogP contribution >= 0.6 is 0 Å². The van der Waals surface area contributed by atoms with E-state index in [-0.39, 0.29) is 24.6 Å². The van der Waals surface area contributed by atoms with E-state index in [9.17, 15) is 17.6 Å². The monoisotopic (exact) mass is 504 g/mol. The predicted molar refractivity (Wildman–Crippen MR) is 129 cm³/mol. The molecule has 12 heteroatoms. The van der Waals surface area contributed by atoms with Crippen LogP contribution in [0.15, 0.2) is 30.3 Å². The van der Waals surface area contributed by atoms with Crippen molar-refractivity contribution in [2.45, 2.75) is 46.6 Å². The van der Waals surface area contributed by atoms with Gasteiger partial charge in [0.15, 0.2) is 0 Å². The molecule has 0 radical (unpaired) electrons. The van der Waals surface area contributed by atoms with Gasteiger partial charge in [-0.3, -0.25) is 0 Å². The van der Waals surface area contributed by atoms with Crippen LogP contribution in [0.1, 0.15) is 36.2 Å². The lowest BCUT2D eigenvalue weighted by molar-refractivity contribution is -0.137. The summed E-state index contributed by atoms with van der Waals surface area (Å²) < 4.78 is 56.2. The maximum Gasteiger partial charge on any atom is 0.416 e. The standard InChI is InChI=1S/C24H28F4N8/c1-6-33(4)21-18(11-17-8-15(3)36(7-2)22(17)29-21)14-35(23-30-32-34(5)31-23)13-16-9-19(24(26,27)28)12-20(25)10-16/h8-12H,6-7,13-14H2,1-5H3. The first-order valence-corrected chi connectivity index (χ1v) is 11.6. The molecule has 0 saturated heterocycles. The fraction of sp³-hybridized carbons (Fsp3) is 0.417. The van der Waals surface area contributed by atoms with Gasteiger partial charge in [0.1, 0.15) is 17.3 Å². The number of benzene rings is 1. The molecule has 192 valence electrons. The third-order valence-corrected chi connectivity index (χ3v) is 6.09.